The van der Waals surface area contributed by atoms with Crippen LogP contribution in [0.1, 0.15) is 13.8 Å². The lowest BCUT2D eigenvalue weighted by Gasteiger charge is -2.40. The third-order valence-corrected chi connectivity index (χ3v) is 4.48. The maximum atomic E-state index is 12.4. The summed E-state index contributed by atoms with van der Waals surface area (Å²) in [6.45, 7) is 9.05. The highest BCUT2D eigenvalue weighted by Crippen LogP contribution is 2.12. The Morgan fingerprint density at radius 1 is 0.905 bits per heavy atom. The van der Waals surface area contributed by atoms with Gasteiger partial charge in [0.1, 0.15) is 6.04 Å². The zero-order valence-electron chi connectivity index (χ0n) is 12.8. The first kappa shape index (κ1) is 16.2. The number of carboxylic acids is 1. The Labute approximate surface area is 125 Å². The summed E-state index contributed by atoms with van der Waals surface area (Å²) in [5.74, 6) is -0.640. The van der Waals surface area contributed by atoms with Gasteiger partial charge < -0.3 is 14.7 Å². The highest BCUT2D eigenvalue weighted by atomic mass is 16.5. The fraction of sp³-hybridized carbons (Fsp3) is 0.857. The lowest BCUT2D eigenvalue weighted by molar-refractivity contribution is -0.145. The molecular formula is C14H25N3O4. The summed E-state index contributed by atoms with van der Waals surface area (Å²) in [7, 11) is 0. The molecule has 2 saturated heterocycles. The Morgan fingerprint density at radius 2 is 1.38 bits per heavy atom. The van der Waals surface area contributed by atoms with E-state index in [9.17, 15) is 9.59 Å². The van der Waals surface area contributed by atoms with Crippen LogP contribution in [0, 0.1) is 0 Å². The number of hydrogen-bond acceptors (Lipinski definition) is 5. The van der Waals surface area contributed by atoms with E-state index in [1.165, 1.54) is 0 Å². The van der Waals surface area contributed by atoms with Crippen molar-refractivity contribution in [3.05, 3.63) is 0 Å². The van der Waals surface area contributed by atoms with E-state index in [-0.39, 0.29) is 11.9 Å². The van der Waals surface area contributed by atoms with Crippen LogP contribution in [0.3, 0.4) is 0 Å². The number of aliphatic carboxylic acids is 1. The van der Waals surface area contributed by atoms with Crippen molar-refractivity contribution in [2.75, 3.05) is 52.5 Å². The molecule has 2 atom stereocenters. The molecule has 0 unspecified atom stereocenters. The smallest absolute Gasteiger partial charge is 0.320 e. The Balaban J connectivity index is 1.83. The van der Waals surface area contributed by atoms with Crippen molar-refractivity contribution in [3.63, 3.8) is 0 Å². The predicted molar refractivity (Wildman–Crippen MR) is 77.1 cm³/mol. The number of nitrogens with zero attached hydrogens (tertiary/aromatic N) is 3. The van der Waals surface area contributed by atoms with Gasteiger partial charge >= 0.3 is 5.97 Å². The third-order valence-electron chi connectivity index (χ3n) is 4.48. The number of amides is 1. The van der Waals surface area contributed by atoms with E-state index in [4.69, 9.17) is 9.84 Å². The summed E-state index contributed by atoms with van der Waals surface area (Å²) in [6.07, 6.45) is 0. The number of ether oxygens (including phenoxy) is 1. The number of hydrogen-bond donors (Lipinski definition) is 1. The van der Waals surface area contributed by atoms with Crippen LogP contribution in [0.15, 0.2) is 0 Å². The molecule has 120 valence electrons. The largest absolute Gasteiger partial charge is 0.480 e. The molecule has 0 saturated carbocycles. The van der Waals surface area contributed by atoms with Gasteiger partial charge in [-0.05, 0) is 13.8 Å². The summed E-state index contributed by atoms with van der Waals surface area (Å²) in [5.41, 5.74) is 0. The van der Waals surface area contributed by atoms with Crippen molar-refractivity contribution in [2.24, 2.45) is 0 Å². The van der Waals surface area contributed by atoms with Crippen LogP contribution < -0.4 is 0 Å². The SMILES string of the molecule is C[C@H](C(=O)O)N1CCN([C@@H](C)C(=O)N2CCOCC2)CC1. The van der Waals surface area contributed by atoms with Crippen LogP contribution in [-0.2, 0) is 14.3 Å². The number of rotatable bonds is 4. The van der Waals surface area contributed by atoms with E-state index in [1.807, 2.05) is 16.7 Å². The zero-order chi connectivity index (χ0) is 15.4. The fourth-order valence-electron chi connectivity index (χ4n) is 2.87. The third kappa shape index (κ3) is 3.93. The van der Waals surface area contributed by atoms with E-state index >= 15 is 0 Å². The fourth-order valence-corrected chi connectivity index (χ4v) is 2.87. The van der Waals surface area contributed by atoms with Gasteiger partial charge in [0.2, 0.25) is 5.91 Å². The van der Waals surface area contributed by atoms with E-state index in [2.05, 4.69) is 4.90 Å². The van der Waals surface area contributed by atoms with E-state index in [0.717, 1.165) is 13.1 Å². The molecule has 0 spiro atoms. The predicted octanol–water partition coefficient (Wildman–Crippen LogP) is -0.676. The van der Waals surface area contributed by atoms with Crippen molar-refractivity contribution in [1.82, 2.24) is 14.7 Å². The molecule has 7 nitrogen and oxygen atoms in total. The summed E-state index contributed by atoms with van der Waals surface area (Å²) >= 11 is 0. The minimum Gasteiger partial charge on any atom is -0.480 e. The Kier molecular flexibility index (Phi) is 5.55. The van der Waals surface area contributed by atoms with Crippen molar-refractivity contribution in [3.8, 4) is 0 Å². The summed E-state index contributed by atoms with van der Waals surface area (Å²) in [5, 5.41) is 9.04. The highest BCUT2D eigenvalue weighted by molar-refractivity contribution is 5.81. The van der Waals surface area contributed by atoms with Gasteiger partial charge in [0.25, 0.3) is 0 Å². The van der Waals surface area contributed by atoms with Gasteiger partial charge in [0, 0.05) is 39.3 Å². The number of piperazine rings is 1. The summed E-state index contributed by atoms with van der Waals surface area (Å²) in [4.78, 5) is 29.4. The number of morpholine rings is 1. The molecule has 2 aliphatic heterocycles. The molecule has 0 bridgehead atoms. The van der Waals surface area contributed by atoms with E-state index in [1.54, 1.807) is 6.92 Å². The average molecular weight is 299 g/mol. The van der Waals surface area contributed by atoms with Gasteiger partial charge in [0.15, 0.2) is 0 Å². The van der Waals surface area contributed by atoms with Crippen molar-refractivity contribution in [2.45, 2.75) is 25.9 Å². The van der Waals surface area contributed by atoms with Crippen molar-refractivity contribution >= 4 is 11.9 Å². The maximum absolute atomic E-state index is 12.4. The first-order valence-corrected chi connectivity index (χ1v) is 7.58. The van der Waals surface area contributed by atoms with Gasteiger partial charge in [-0.3, -0.25) is 19.4 Å². The standard InChI is InChI=1S/C14H25N3O4/c1-11(13(18)17-7-9-21-10-8-17)15-3-5-16(6-4-15)12(2)14(19)20/h11-12H,3-10H2,1-2H3,(H,19,20)/t11-,12+/m0/s1. The Bertz CT molecular complexity index is 376. The number of carbonyl (C=O) groups is 2. The van der Waals surface area contributed by atoms with Gasteiger partial charge in [-0.1, -0.05) is 0 Å². The molecule has 1 amide bonds. The Morgan fingerprint density at radius 3 is 1.86 bits per heavy atom. The van der Waals surface area contributed by atoms with E-state index < -0.39 is 12.0 Å². The molecule has 2 aliphatic rings. The summed E-state index contributed by atoms with van der Waals surface area (Å²) < 4.78 is 5.27. The normalized spacial score (nSPS) is 24.6. The van der Waals surface area contributed by atoms with Crippen LogP contribution in [0.2, 0.25) is 0 Å². The molecule has 2 fully saturated rings. The van der Waals surface area contributed by atoms with Gasteiger partial charge in [0.05, 0.1) is 19.3 Å². The quantitative estimate of drug-likeness (QED) is 0.742. The van der Waals surface area contributed by atoms with Crippen molar-refractivity contribution in [1.29, 1.82) is 0 Å². The van der Waals surface area contributed by atoms with Crippen LogP contribution in [0.25, 0.3) is 0 Å². The Hall–Kier alpha value is -1.18. The minimum absolute atomic E-state index is 0.148. The van der Waals surface area contributed by atoms with Gasteiger partial charge in [-0.25, -0.2) is 0 Å². The molecule has 0 aromatic heterocycles. The molecular weight excluding hydrogens is 274 g/mol. The molecule has 0 radical (unpaired) electrons. The second kappa shape index (κ2) is 7.20. The highest BCUT2D eigenvalue weighted by Gasteiger charge is 2.31. The minimum atomic E-state index is -0.791. The monoisotopic (exact) mass is 299 g/mol. The molecule has 2 rings (SSSR count). The molecule has 21 heavy (non-hydrogen) atoms. The number of carbonyl (C=O) groups excluding carboxylic acids is 1. The zero-order valence-corrected chi connectivity index (χ0v) is 12.8. The molecule has 0 aliphatic carbocycles. The molecule has 1 N–H and O–H groups in total. The first-order valence-electron chi connectivity index (χ1n) is 7.58. The topological polar surface area (TPSA) is 73.3 Å². The van der Waals surface area contributed by atoms with Crippen LogP contribution in [0.4, 0.5) is 0 Å². The molecule has 0 aromatic rings. The molecule has 2 heterocycles. The first-order chi connectivity index (χ1) is 10.0. The number of carboxylic acid groups (broad SMARTS) is 1. The lowest BCUT2D eigenvalue weighted by Crippen LogP contribution is -2.57. The second-order valence-corrected chi connectivity index (χ2v) is 5.70. The molecule has 0 aromatic carbocycles. The molecule has 7 heteroatoms. The maximum Gasteiger partial charge on any atom is 0.320 e. The second-order valence-electron chi connectivity index (χ2n) is 5.70. The van der Waals surface area contributed by atoms with Crippen LogP contribution in [0.5, 0.6) is 0 Å². The van der Waals surface area contributed by atoms with Gasteiger partial charge in [-0.15, -0.1) is 0 Å². The van der Waals surface area contributed by atoms with E-state index in [0.29, 0.717) is 39.4 Å². The van der Waals surface area contributed by atoms with Gasteiger partial charge in [-0.2, -0.15) is 0 Å². The summed E-state index contributed by atoms with van der Waals surface area (Å²) in [6, 6.07) is -0.609. The van der Waals surface area contributed by atoms with Crippen molar-refractivity contribution < 1.29 is 19.4 Å². The van der Waals surface area contributed by atoms with Crippen LogP contribution >= 0.6 is 0 Å². The lowest BCUT2D eigenvalue weighted by atomic mass is 10.1. The average Bonchev–Trinajstić information content (AvgIpc) is 2.53. The van der Waals surface area contributed by atoms with Crippen LogP contribution in [-0.4, -0.2) is 96.2 Å².